The van der Waals surface area contributed by atoms with E-state index in [-0.39, 0.29) is 23.7 Å². The number of H-pyrrole nitrogens is 1. The van der Waals surface area contributed by atoms with Crippen LogP contribution in [0.1, 0.15) is 32.8 Å². The predicted molar refractivity (Wildman–Crippen MR) is 94.3 cm³/mol. The molecule has 0 aliphatic heterocycles. The summed E-state index contributed by atoms with van der Waals surface area (Å²) < 4.78 is 0. The molecule has 0 bridgehead atoms. The third kappa shape index (κ3) is 4.49. The molecule has 1 aromatic heterocycles. The molecule has 0 fully saturated rings. The molecule has 2 aromatic rings. The molecular weight excluding hydrogens is 298 g/mol. The summed E-state index contributed by atoms with van der Waals surface area (Å²) in [5.74, 6) is -0.0681. The molecule has 22 heavy (non-hydrogen) atoms. The Hall–Kier alpha value is -1.52. The van der Waals surface area contributed by atoms with E-state index in [1.54, 1.807) is 0 Å². The summed E-state index contributed by atoms with van der Waals surface area (Å²) in [5, 5.41) is 4.18. The van der Waals surface area contributed by atoms with Crippen LogP contribution in [0, 0.1) is 5.41 Å². The van der Waals surface area contributed by atoms with Gasteiger partial charge in [-0.25, -0.2) is 0 Å². The molecular formula is C17H26ClN3O. The van der Waals surface area contributed by atoms with Crippen molar-refractivity contribution in [2.75, 3.05) is 6.54 Å². The highest BCUT2D eigenvalue weighted by Gasteiger charge is 2.26. The number of nitrogens with one attached hydrogen (secondary N) is 2. The van der Waals surface area contributed by atoms with Crippen molar-refractivity contribution in [2.24, 2.45) is 11.1 Å². The van der Waals surface area contributed by atoms with Gasteiger partial charge in [0.15, 0.2) is 0 Å². The van der Waals surface area contributed by atoms with Crippen molar-refractivity contribution < 1.29 is 4.79 Å². The standard InChI is InChI=1S/C17H25N3O.ClH/c1-17(2,3)15(18)16(21)19-10-6-7-12-11-20-14-9-5-4-8-13(12)14;/h4-5,8-9,11,15,20H,6-7,10,18H2,1-3H3,(H,19,21);1H/t15-;/m1./s1. The Bertz CT molecular complexity index is 616. The maximum Gasteiger partial charge on any atom is 0.237 e. The van der Waals surface area contributed by atoms with Crippen LogP contribution in [0.3, 0.4) is 0 Å². The van der Waals surface area contributed by atoms with E-state index in [0.29, 0.717) is 6.54 Å². The van der Waals surface area contributed by atoms with Crippen LogP contribution in [0.25, 0.3) is 10.9 Å². The summed E-state index contributed by atoms with van der Waals surface area (Å²) in [5.41, 5.74) is 8.17. The largest absolute Gasteiger partial charge is 0.361 e. The Balaban J connectivity index is 0.00000242. The van der Waals surface area contributed by atoms with E-state index in [9.17, 15) is 4.79 Å². The van der Waals surface area contributed by atoms with Crippen molar-refractivity contribution in [1.29, 1.82) is 0 Å². The lowest BCUT2D eigenvalue weighted by Gasteiger charge is -2.25. The van der Waals surface area contributed by atoms with Gasteiger partial charge < -0.3 is 16.0 Å². The van der Waals surface area contributed by atoms with E-state index in [1.165, 1.54) is 10.9 Å². The Morgan fingerprint density at radius 1 is 1.32 bits per heavy atom. The van der Waals surface area contributed by atoms with Crippen molar-refractivity contribution in [3.8, 4) is 0 Å². The number of aryl methyl sites for hydroxylation is 1. The summed E-state index contributed by atoms with van der Waals surface area (Å²) in [7, 11) is 0. The van der Waals surface area contributed by atoms with Gasteiger partial charge in [0.2, 0.25) is 5.91 Å². The average Bonchev–Trinajstić information content (AvgIpc) is 2.85. The van der Waals surface area contributed by atoms with E-state index in [2.05, 4.69) is 22.4 Å². The minimum absolute atomic E-state index is 0. The number of halogens is 1. The highest BCUT2D eigenvalue weighted by atomic mass is 35.5. The van der Waals surface area contributed by atoms with Crippen LogP contribution in [-0.4, -0.2) is 23.5 Å². The van der Waals surface area contributed by atoms with Gasteiger partial charge in [-0.1, -0.05) is 39.0 Å². The number of carbonyl (C=O) groups is 1. The average molecular weight is 324 g/mol. The molecule has 122 valence electrons. The first-order chi connectivity index (χ1) is 9.89. The Labute approximate surface area is 138 Å². The number of amides is 1. The third-order valence-corrected chi connectivity index (χ3v) is 3.81. The van der Waals surface area contributed by atoms with Gasteiger partial charge in [0.25, 0.3) is 0 Å². The van der Waals surface area contributed by atoms with Crippen LogP contribution in [0.5, 0.6) is 0 Å². The smallest absolute Gasteiger partial charge is 0.237 e. The fourth-order valence-electron chi connectivity index (χ4n) is 2.33. The lowest BCUT2D eigenvalue weighted by atomic mass is 9.87. The van der Waals surface area contributed by atoms with E-state index in [4.69, 9.17) is 5.73 Å². The molecule has 0 radical (unpaired) electrons. The minimum Gasteiger partial charge on any atom is -0.361 e. The maximum atomic E-state index is 11.9. The molecule has 1 amide bonds. The van der Waals surface area contributed by atoms with Crippen molar-refractivity contribution in [1.82, 2.24) is 10.3 Å². The van der Waals surface area contributed by atoms with Crippen LogP contribution in [-0.2, 0) is 11.2 Å². The molecule has 0 saturated carbocycles. The number of benzene rings is 1. The van der Waals surface area contributed by atoms with Crippen LogP contribution in [0.15, 0.2) is 30.5 Å². The van der Waals surface area contributed by atoms with Crippen molar-refractivity contribution >= 4 is 29.2 Å². The van der Waals surface area contributed by atoms with E-state index in [1.807, 2.05) is 39.1 Å². The van der Waals surface area contributed by atoms with Gasteiger partial charge in [0.1, 0.15) is 0 Å². The van der Waals surface area contributed by atoms with Gasteiger partial charge in [0, 0.05) is 23.6 Å². The highest BCUT2D eigenvalue weighted by molar-refractivity contribution is 5.85. The van der Waals surface area contributed by atoms with Crippen LogP contribution < -0.4 is 11.1 Å². The number of hydrogen-bond acceptors (Lipinski definition) is 2. The number of nitrogens with two attached hydrogens (primary N) is 1. The molecule has 1 aromatic carbocycles. The Kier molecular flexibility index (Phi) is 6.45. The monoisotopic (exact) mass is 323 g/mol. The first kappa shape index (κ1) is 18.5. The second kappa shape index (κ2) is 7.65. The van der Waals surface area contributed by atoms with E-state index >= 15 is 0 Å². The van der Waals surface area contributed by atoms with Crippen LogP contribution in [0.2, 0.25) is 0 Å². The van der Waals surface area contributed by atoms with Gasteiger partial charge in [-0.05, 0) is 29.9 Å². The Morgan fingerprint density at radius 3 is 2.68 bits per heavy atom. The SMILES string of the molecule is CC(C)(C)[C@H](N)C(=O)NCCCc1c[nH]c2ccccc12.Cl. The lowest BCUT2D eigenvalue weighted by Crippen LogP contribution is -2.48. The van der Waals surface area contributed by atoms with Crippen LogP contribution >= 0.6 is 12.4 Å². The minimum atomic E-state index is -0.467. The van der Waals surface area contributed by atoms with Crippen LogP contribution in [0.4, 0.5) is 0 Å². The van der Waals surface area contributed by atoms with Gasteiger partial charge in [-0.2, -0.15) is 0 Å². The summed E-state index contributed by atoms with van der Waals surface area (Å²) in [4.78, 5) is 15.2. The normalized spacial score (nSPS) is 12.7. The number of aromatic nitrogens is 1. The fourth-order valence-corrected chi connectivity index (χ4v) is 2.33. The zero-order chi connectivity index (χ0) is 15.5. The summed E-state index contributed by atoms with van der Waals surface area (Å²) in [6, 6.07) is 7.80. The molecule has 0 unspecified atom stereocenters. The van der Waals surface area contributed by atoms with Gasteiger partial charge in [-0.3, -0.25) is 4.79 Å². The summed E-state index contributed by atoms with van der Waals surface area (Å²) in [6.45, 7) is 6.58. The second-order valence-corrected chi connectivity index (χ2v) is 6.60. The van der Waals surface area contributed by atoms with E-state index < -0.39 is 6.04 Å². The number of aromatic amines is 1. The zero-order valence-electron chi connectivity index (χ0n) is 13.5. The topological polar surface area (TPSA) is 70.9 Å². The molecule has 0 saturated heterocycles. The predicted octanol–water partition coefficient (Wildman–Crippen LogP) is 3.01. The number of carbonyl (C=O) groups excluding carboxylic acids is 1. The van der Waals surface area contributed by atoms with Gasteiger partial charge in [-0.15, -0.1) is 12.4 Å². The molecule has 5 heteroatoms. The molecule has 4 N–H and O–H groups in total. The number of hydrogen-bond donors (Lipinski definition) is 3. The first-order valence-electron chi connectivity index (χ1n) is 7.48. The molecule has 0 aliphatic carbocycles. The fraction of sp³-hybridized carbons (Fsp3) is 0.471. The Morgan fingerprint density at radius 2 is 2.00 bits per heavy atom. The molecule has 4 nitrogen and oxygen atoms in total. The number of rotatable bonds is 5. The molecule has 1 atom stereocenters. The zero-order valence-corrected chi connectivity index (χ0v) is 14.3. The van der Waals surface area contributed by atoms with Crippen molar-refractivity contribution in [2.45, 2.75) is 39.7 Å². The number of para-hydroxylation sites is 1. The van der Waals surface area contributed by atoms with Gasteiger partial charge in [0.05, 0.1) is 6.04 Å². The quantitative estimate of drug-likeness (QED) is 0.740. The van der Waals surface area contributed by atoms with Gasteiger partial charge >= 0.3 is 0 Å². The van der Waals surface area contributed by atoms with Crippen molar-refractivity contribution in [3.05, 3.63) is 36.0 Å². The molecule has 0 aliphatic rings. The summed E-state index contributed by atoms with van der Waals surface area (Å²) in [6.07, 6.45) is 3.90. The van der Waals surface area contributed by atoms with E-state index in [0.717, 1.165) is 18.4 Å². The maximum absolute atomic E-state index is 11.9. The lowest BCUT2D eigenvalue weighted by molar-refractivity contribution is -0.124. The second-order valence-electron chi connectivity index (χ2n) is 6.60. The molecule has 1 heterocycles. The summed E-state index contributed by atoms with van der Waals surface area (Å²) >= 11 is 0. The first-order valence-corrected chi connectivity index (χ1v) is 7.48. The third-order valence-electron chi connectivity index (χ3n) is 3.81. The number of fused-ring (bicyclic) bond motifs is 1. The molecule has 0 spiro atoms. The molecule has 2 rings (SSSR count). The highest BCUT2D eigenvalue weighted by Crippen LogP contribution is 2.19. The van der Waals surface area contributed by atoms with Crippen molar-refractivity contribution in [3.63, 3.8) is 0 Å².